The monoisotopic (exact) mass is 325 g/mol. The molecule has 2 heterocycles. The molecule has 0 amide bonds. The molecule has 1 aliphatic heterocycles. The molecular formula is C11H8IN3O. The first-order valence-electron chi connectivity index (χ1n) is 4.86. The molecule has 0 saturated heterocycles. The van der Waals surface area contributed by atoms with Crippen LogP contribution in [0.15, 0.2) is 33.1 Å². The first-order chi connectivity index (χ1) is 7.81. The predicted octanol–water partition coefficient (Wildman–Crippen LogP) is 2.06. The molecule has 1 aromatic carbocycles. The Morgan fingerprint density at radius 2 is 2.25 bits per heavy atom. The second-order valence-electron chi connectivity index (χ2n) is 3.55. The average Bonchev–Trinajstić information content (AvgIpc) is 2.74. The van der Waals surface area contributed by atoms with Crippen molar-refractivity contribution >= 4 is 45.0 Å². The fourth-order valence-corrected chi connectivity index (χ4v) is 2.42. The summed E-state index contributed by atoms with van der Waals surface area (Å²) in [6.45, 7) is 0.674. The Labute approximate surface area is 105 Å². The molecule has 2 aromatic rings. The Balaban J connectivity index is 2.48. The molecule has 3 rings (SSSR count). The van der Waals surface area contributed by atoms with Gasteiger partial charge in [-0.15, -0.1) is 0 Å². The summed E-state index contributed by atoms with van der Waals surface area (Å²) >= 11 is 2.14. The highest BCUT2D eigenvalue weighted by atomic mass is 127. The smallest absolute Gasteiger partial charge is 0.354 e. The Bertz CT molecular complexity index is 660. The molecule has 1 N–H and O–H groups in total. The maximum atomic E-state index is 11.9. The maximum Gasteiger partial charge on any atom is 0.354 e. The number of benzene rings is 1. The van der Waals surface area contributed by atoms with Gasteiger partial charge in [-0.25, -0.2) is 9.36 Å². The lowest BCUT2D eigenvalue weighted by molar-refractivity contribution is 0.997. The summed E-state index contributed by atoms with van der Waals surface area (Å²) < 4.78 is 3.54. The Hall–Kier alpha value is -1.37. The molecule has 0 spiro atoms. The van der Waals surface area contributed by atoms with Crippen LogP contribution in [0.5, 0.6) is 0 Å². The third-order valence-corrected chi connectivity index (χ3v) is 3.36. The molecule has 1 aliphatic rings. The zero-order chi connectivity index (χ0) is 11.1. The Kier molecular flexibility index (Phi) is 2.20. The number of aromatic nitrogens is 2. The van der Waals surface area contributed by atoms with Crippen molar-refractivity contribution < 1.29 is 0 Å². The third-order valence-electron chi connectivity index (χ3n) is 2.64. The van der Waals surface area contributed by atoms with E-state index in [1.165, 1.54) is 0 Å². The minimum atomic E-state index is -0.221. The lowest BCUT2D eigenvalue weighted by Crippen LogP contribution is -2.20. The van der Waals surface area contributed by atoms with Crippen LogP contribution in [0.3, 0.4) is 0 Å². The third kappa shape index (κ3) is 1.27. The number of nitrogens with one attached hydrogen (secondary N) is 1. The predicted molar refractivity (Wildman–Crippen MR) is 72.8 cm³/mol. The van der Waals surface area contributed by atoms with Crippen LogP contribution >= 0.6 is 22.6 Å². The standard InChI is InChI=1S/C11H8IN3O/c12-5-7-6-13-10-8-3-1-2-4-9(8)14-11(16)15(7)10/h1-5,13H,6H2/b7-5+. The second-order valence-corrected chi connectivity index (χ2v) is 4.17. The van der Waals surface area contributed by atoms with Crippen molar-refractivity contribution in [1.29, 1.82) is 0 Å². The van der Waals surface area contributed by atoms with Gasteiger partial charge in [-0.2, -0.15) is 4.98 Å². The minimum absolute atomic E-state index is 0.221. The maximum absolute atomic E-state index is 11.9. The van der Waals surface area contributed by atoms with Gasteiger partial charge in [-0.3, -0.25) is 0 Å². The summed E-state index contributed by atoms with van der Waals surface area (Å²) in [4.78, 5) is 15.9. The van der Waals surface area contributed by atoms with Gasteiger partial charge in [0, 0.05) is 5.39 Å². The van der Waals surface area contributed by atoms with Gasteiger partial charge in [0.2, 0.25) is 0 Å². The molecule has 0 radical (unpaired) electrons. The van der Waals surface area contributed by atoms with Gasteiger partial charge < -0.3 is 5.32 Å². The average molecular weight is 325 g/mol. The molecule has 0 fully saturated rings. The van der Waals surface area contributed by atoms with Crippen molar-refractivity contribution in [2.75, 3.05) is 11.9 Å². The van der Waals surface area contributed by atoms with Gasteiger partial charge in [-0.05, 0) is 16.2 Å². The van der Waals surface area contributed by atoms with E-state index in [0.717, 1.165) is 22.4 Å². The van der Waals surface area contributed by atoms with Gasteiger partial charge in [0.25, 0.3) is 0 Å². The number of fused-ring (bicyclic) bond motifs is 3. The zero-order valence-electron chi connectivity index (χ0n) is 8.27. The minimum Gasteiger partial charge on any atom is -0.365 e. The second kappa shape index (κ2) is 3.58. The molecule has 16 heavy (non-hydrogen) atoms. The topological polar surface area (TPSA) is 46.9 Å². The van der Waals surface area contributed by atoms with Crippen LogP contribution in [0.4, 0.5) is 5.82 Å². The molecule has 1 aromatic heterocycles. The molecule has 0 aliphatic carbocycles. The van der Waals surface area contributed by atoms with E-state index in [1.807, 2.05) is 28.3 Å². The number of hydrogen-bond acceptors (Lipinski definition) is 3. The van der Waals surface area contributed by atoms with Crippen LogP contribution in [0.2, 0.25) is 0 Å². The number of para-hydroxylation sites is 1. The summed E-state index contributed by atoms with van der Waals surface area (Å²) in [6.07, 6.45) is 0. The van der Waals surface area contributed by atoms with Crippen LogP contribution in [-0.2, 0) is 0 Å². The van der Waals surface area contributed by atoms with E-state index in [4.69, 9.17) is 0 Å². The first-order valence-corrected chi connectivity index (χ1v) is 6.11. The van der Waals surface area contributed by atoms with Crippen LogP contribution in [-0.4, -0.2) is 16.1 Å². The van der Waals surface area contributed by atoms with Crippen LogP contribution in [0.1, 0.15) is 0 Å². The van der Waals surface area contributed by atoms with Crippen LogP contribution in [0, 0.1) is 0 Å². The van der Waals surface area contributed by atoms with Gasteiger partial charge in [-0.1, -0.05) is 34.7 Å². The number of rotatable bonds is 0. The summed E-state index contributed by atoms with van der Waals surface area (Å²) in [6, 6.07) is 7.65. The van der Waals surface area contributed by atoms with E-state index in [-0.39, 0.29) is 5.69 Å². The molecule has 0 saturated carbocycles. The summed E-state index contributed by atoms with van der Waals surface area (Å²) in [5.41, 5.74) is 1.46. The Morgan fingerprint density at radius 3 is 3.06 bits per heavy atom. The van der Waals surface area contributed by atoms with Gasteiger partial charge >= 0.3 is 5.69 Å². The van der Waals surface area contributed by atoms with Crippen molar-refractivity contribution in [1.82, 2.24) is 9.55 Å². The van der Waals surface area contributed by atoms with Crippen molar-refractivity contribution in [3.63, 3.8) is 0 Å². The van der Waals surface area contributed by atoms with Gasteiger partial charge in [0.1, 0.15) is 5.82 Å². The van der Waals surface area contributed by atoms with Crippen molar-refractivity contribution in [3.8, 4) is 0 Å². The quantitative estimate of drug-likeness (QED) is 0.754. The highest BCUT2D eigenvalue weighted by molar-refractivity contribution is 14.1. The number of nitrogens with zero attached hydrogens (tertiary/aromatic N) is 2. The summed E-state index contributed by atoms with van der Waals surface area (Å²) in [5.74, 6) is 0.846. The molecular weight excluding hydrogens is 317 g/mol. The van der Waals surface area contributed by atoms with E-state index in [0.29, 0.717) is 6.54 Å². The highest BCUT2D eigenvalue weighted by Crippen LogP contribution is 2.27. The number of anilines is 1. The number of halogens is 1. The van der Waals surface area contributed by atoms with Crippen molar-refractivity contribution in [2.24, 2.45) is 0 Å². The van der Waals surface area contributed by atoms with Crippen LogP contribution < -0.4 is 11.0 Å². The molecule has 5 heteroatoms. The fourth-order valence-electron chi connectivity index (χ4n) is 1.92. The summed E-state index contributed by atoms with van der Waals surface area (Å²) in [5, 5.41) is 4.22. The van der Waals surface area contributed by atoms with E-state index < -0.39 is 0 Å². The molecule has 0 atom stereocenters. The van der Waals surface area contributed by atoms with E-state index in [9.17, 15) is 4.79 Å². The summed E-state index contributed by atoms with van der Waals surface area (Å²) in [7, 11) is 0. The van der Waals surface area contributed by atoms with Gasteiger partial charge in [0.15, 0.2) is 0 Å². The Morgan fingerprint density at radius 1 is 1.44 bits per heavy atom. The van der Waals surface area contributed by atoms with Crippen molar-refractivity contribution in [3.05, 3.63) is 38.8 Å². The molecule has 80 valence electrons. The molecule has 0 bridgehead atoms. The van der Waals surface area contributed by atoms with E-state index in [2.05, 4.69) is 32.9 Å². The van der Waals surface area contributed by atoms with E-state index in [1.54, 1.807) is 4.57 Å². The zero-order valence-corrected chi connectivity index (χ0v) is 10.4. The molecule has 0 unspecified atom stereocenters. The largest absolute Gasteiger partial charge is 0.365 e. The normalized spacial score (nSPS) is 16.4. The highest BCUT2D eigenvalue weighted by Gasteiger charge is 2.19. The fraction of sp³-hybridized carbons (Fsp3) is 0.0909. The lowest BCUT2D eigenvalue weighted by atomic mass is 10.2. The van der Waals surface area contributed by atoms with Crippen molar-refractivity contribution in [2.45, 2.75) is 0 Å². The molecule has 4 nitrogen and oxygen atoms in total. The van der Waals surface area contributed by atoms with Crippen LogP contribution in [0.25, 0.3) is 16.6 Å². The van der Waals surface area contributed by atoms with Gasteiger partial charge in [0.05, 0.1) is 17.8 Å². The SMILES string of the molecule is O=c1nc2ccccc2c2n1/C(=C/I)CN2. The first kappa shape index (κ1) is 9.83. The number of hydrogen-bond donors (Lipinski definition) is 1. The lowest BCUT2D eigenvalue weighted by Gasteiger charge is -2.05. The van der Waals surface area contributed by atoms with E-state index >= 15 is 0 Å².